The molecular weight excluding hydrogens is 208 g/mol. The van der Waals surface area contributed by atoms with Crippen LogP contribution in [0.15, 0.2) is 18.2 Å². The fourth-order valence-electron chi connectivity index (χ4n) is 1.19. The normalized spacial score (nSPS) is 10.5. The number of ether oxygens (including phenoxy) is 3. The van der Waals surface area contributed by atoms with Gasteiger partial charge in [-0.05, 0) is 13.0 Å². The van der Waals surface area contributed by atoms with Crippen LogP contribution >= 0.6 is 0 Å². The number of aromatic nitrogens is 1. The molecule has 0 unspecified atom stereocenters. The molecule has 0 aliphatic heterocycles. The van der Waals surface area contributed by atoms with Gasteiger partial charge in [0.15, 0.2) is 6.29 Å². The summed E-state index contributed by atoms with van der Waals surface area (Å²) < 4.78 is 15.4. The number of methoxy groups -OCH3 is 2. The highest BCUT2D eigenvalue weighted by atomic mass is 16.7. The van der Waals surface area contributed by atoms with Crippen LogP contribution in [0.4, 0.5) is 5.82 Å². The van der Waals surface area contributed by atoms with Gasteiger partial charge in [0.25, 0.3) is 0 Å². The summed E-state index contributed by atoms with van der Waals surface area (Å²) >= 11 is 0. The van der Waals surface area contributed by atoms with Crippen LogP contribution in [-0.2, 0) is 9.47 Å². The van der Waals surface area contributed by atoms with Crippen molar-refractivity contribution in [2.75, 3.05) is 32.7 Å². The minimum Gasteiger partial charge on any atom is -0.478 e. The van der Waals surface area contributed by atoms with Crippen LogP contribution in [0.3, 0.4) is 0 Å². The first-order chi connectivity index (χ1) is 7.80. The Balaban J connectivity index is 2.49. The van der Waals surface area contributed by atoms with E-state index in [-0.39, 0.29) is 6.29 Å². The number of rotatable bonds is 7. The maximum absolute atomic E-state index is 5.29. The summed E-state index contributed by atoms with van der Waals surface area (Å²) in [4.78, 5) is 4.26. The first-order valence-corrected chi connectivity index (χ1v) is 5.19. The molecule has 0 spiro atoms. The van der Waals surface area contributed by atoms with Crippen molar-refractivity contribution in [3.8, 4) is 5.88 Å². The SMILES string of the molecule is CCOc1cccc(NCC(OC)OC)n1. The van der Waals surface area contributed by atoms with Gasteiger partial charge in [0.2, 0.25) is 5.88 Å². The van der Waals surface area contributed by atoms with Crippen molar-refractivity contribution in [1.82, 2.24) is 4.98 Å². The summed E-state index contributed by atoms with van der Waals surface area (Å²) in [6, 6.07) is 5.57. The fourth-order valence-corrected chi connectivity index (χ4v) is 1.19. The molecule has 0 saturated heterocycles. The lowest BCUT2D eigenvalue weighted by molar-refractivity contribution is -0.0914. The molecule has 0 radical (unpaired) electrons. The highest BCUT2D eigenvalue weighted by Crippen LogP contribution is 2.11. The Hall–Kier alpha value is -1.33. The molecule has 1 N–H and O–H groups in total. The van der Waals surface area contributed by atoms with Crippen molar-refractivity contribution in [1.29, 1.82) is 0 Å². The van der Waals surface area contributed by atoms with Crippen molar-refractivity contribution < 1.29 is 14.2 Å². The first kappa shape index (κ1) is 12.7. The lowest BCUT2D eigenvalue weighted by Gasteiger charge is -2.14. The largest absolute Gasteiger partial charge is 0.478 e. The molecule has 5 heteroatoms. The van der Waals surface area contributed by atoms with Gasteiger partial charge in [-0.3, -0.25) is 0 Å². The fraction of sp³-hybridized carbons (Fsp3) is 0.545. The van der Waals surface area contributed by atoms with Gasteiger partial charge in [0.1, 0.15) is 5.82 Å². The van der Waals surface area contributed by atoms with Crippen LogP contribution in [0.1, 0.15) is 6.92 Å². The van der Waals surface area contributed by atoms with Crippen LogP contribution in [0.5, 0.6) is 5.88 Å². The predicted octanol–water partition coefficient (Wildman–Crippen LogP) is 1.51. The number of nitrogens with zero attached hydrogens (tertiary/aromatic N) is 1. The third-order valence-corrected chi connectivity index (χ3v) is 1.99. The summed E-state index contributed by atoms with van der Waals surface area (Å²) in [7, 11) is 3.19. The molecule has 0 fully saturated rings. The van der Waals surface area contributed by atoms with Crippen LogP contribution in [-0.4, -0.2) is 38.6 Å². The zero-order valence-corrected chi connectivity index (χ0v) is 9.90. The molecule has 0 bridgehead atoms. The number of pyridine rings is 1. The molecule has 1 rings (SSSR count). The van der Waals surface area contributed by atoms with Crippen LogP contribution in [0.25, 0.3) is 0 Å². The summed E-state index contributed by atoms with van der Waals surface area (Å²) in [6.45, 7) is 3.07. The monoisotopic (exact) mass is 226 g/mol. The predicted molar refractivity (Wildman–Crippen MR) is 61.7 cm³/mol. The Morgan fingerprint density at radius 2 is 2.06 bits per heavy atom. The van der Waals surface area contributed by atoms with E-state index in [4.69, 9.17) is 14.2 Å². The zero-order chi connectivity index (χ0) is 11.8. The van der Waals surface area contributed by atoms with E-state index >= 15 is 0 Å². The van der Waals surface area contributed by atoms with E-state index in [9.17, 15) is 0 Å². The van der Waals surface area contributed by atoms with Gasteiger partial charge in [0, 0.05) is 20.3 Å². The van der Waals surface area contributed by atoms with Gasteiger partial charge in [-0.25, -0.2) is 0 Å². The maximum Gasteiger partial charge on any atom is 0.215 e. The second-order valence-electron chi connectivity index (χ2n) is 3.08. The molecule has 1 aromatic rings. The average Bonchev–Trinajstić information content (AvgIpc) is 2.31. The van der Waals surface area contributed by atoms with Gasteiger partial charge >= 0.3 is 0 Å². The summed E-state index contributed by atoms with van der Waals surface area (Å²) in [5.74, 6) is 1.35. The zero-order valence-electron chi connectivity index (χ0n) is 9.90. The van der Waals surface area contributed by atoms with Gasteiger partial charge in [-0.2, -0.15) is 4.98 Å². The summed E-state index contributed by atoms with van der Waals surface area (Å²) in [5.41, 5.74) is 0. The van der Waals surface area contributed by atoms with Crippen LogP contribution in [0.2, 0.25) is 0 Å². The molecule has 1 heterocycles. The highest BCUT2D eigenvalue weighted by molar-refractivity contribution is 5.36. The molecule has 1 aromatic heterocycles. The third-order valence-electron chi connectivity index (χ3n) is 1.99. The van der Waals surface area contributed by atoms with Crippen molar-refractivity contribution in [2.24, 2.45) is 0 Å². The van der Waals surface area contributed by atoms with E-state index in [1.807, 2.05) is 25.1 Å². The van der Waals surface area contributed by atoms with Crippen molar-refractivity contribution in [3.05, 3.63) is 18.2 Å². The van der Waals surface area contributed by atoms with Gasteiger partial charge < -0.3 is 19.5 Å². The van der Waals surface area contributed by atoms with E-state index in [0.29, 0.717) is 19.0 Å². The molecule has 5 nitrogen and oxygen atoms in total. The minimum atomic E-state index is -0.280. The maximum atomic E-state index is 5.29. The molecule has 16 heavy (non-hydrogen) atoms. The Labute approximate surface area is 95.7 Å². The van der Waals surface area contributed by atoms with Gasteiger partial charge in [-0.1, -0.05) is 6.07 Å². The lowest BCUT2D eigenvalue weighted by Crippen LogP contribution is -2.23. The lowest BCUT2D eigenvalue weighted by atomic mass is 10.4. The molecular formula is C11H18N2O3. The van der Waals surface area contributed by atoms with Crippen LogP contribution < -0.4 is 10.1 Å². The van der Waals surface area contributed by atoms with Gasteiger partial charge in [0.05, 0.1) is 13.2 Å². The Morgan fingerprint density at radius 1 is 1.31 bits per heavy atom. The molecule has 0 aliphatic carbocycles. The van der Waals surface area contributed by atoms with E-state index in [0.717, 1.165) is 5.82 Å². The van der Waals surface area contributed by atoms with Crippen molar-refractivity contribution >= 4 is 5.82 Å². The molecule has 0 saturated carbocycles. The number of hydrogen-bond acceptors (Lipinski definition) is 5. The minimum absolute atomic E-state index is 0.280. The second-order valence-corrected chi connectivity index (χ2v) is 3.08. The van der Waals surface area contributed by atoms with E-state index in [2.05, 4.69) is 10.3 Å². The molecule has 0 atom stereocenters. The third kappa shape index (κ3) is 4.04. The Bertz CT molecular complexity index is 303. The standard InChI is InChI=1S/C11H18N2O3/c1-4-16-10-7-5-6-9(13-10)12-8-11(14-2)15-3/h5-7,11H,4,8H2,1-3H3,(H,12,13). The molecule has 0 amide bonds. The summed E-state index contributed by atoms with van der Waals surface area (Å²) in [5, 5.41) is 3.10. The first-order valence-electron chi connectivity index (χ1n) is 5.19. The average molecular weight is 226 g/mol. The van der Waals surface area contributed by atoms with E-state index in [1.54, 1.807) is 14.2 Å². The summed E-state index contributed by atoms with van der Waals surface area (Å²) in [6.07, 6.45) is -0.280. The quantitative estimate of drug-likeness (QED) is 0.714. The topological polar surface area (TPSA) is 52.6 Å². The van der Waals surface area contributed by atoms with E-state index in [1.165, 1.54) is 0 Å². The molecule has 0 aromatic carbocycles. The Morgan fingerprint density at radius 3 is 2.69 bits per heavy atom. The number of anilines is 1. The number of nitrogens with one attached hydrogen (secondary N) is 1. The van der Waals surface area contributed by atoms with Crippen molar-refractivity contribution in [3.63, 3.8) is 0 Å². The van der Waals surface area contributed by atoms with Gasteiger partial charge in [-0.15, -0.1) is 0 Å². The Kier molecular flexibility index (Phi) is 5.60. The number of hydrogen-bond donors (Lipinski definition) is 1. The smallest absolute Gasteiger partial charge is 0.215 e. The van der Waals surface area contributed by atoms with E-state index < -0.39 is 0 Å². The van der Waals surface area contributed by atoms with Crippen molar-refractivity contribution in [2.45, 2.75) is 13.2 Å². The molecule has 90 valence electrons. The molecule has 0 aliphatic rings. The highest BCUT2D eigenvalue weighted by Gasteiger charge is 2.05. The second kappa shape index (κ2) is 7.03. The van der Waals surface area contributed by atoms with Crippen LogP contribution in [0, 0.1) is 0 Å².